The maximum Gasteiger partial charge on any atom is 0.293 e. The van der Waals surface area contributed by atoms with Gasteiger partial charge in [0.25, 0.3) is 5.69 Å². The zero-order valence-corrected chi connectivity index (χ0v) is 11.9. The minimum Gasteiger partial charge on any atom is -0.387 e. The van der Waals surface area contributed by atoms with E-state index in [4.69, 9.17) is 4.74 Å². The summed E-state index contributed by atoms with van der Waals surface area (Å²) >= 11 is 0. The van der Waals surface area contributed by atoms with E-state index in [0.717, 1.165) is 0 Å². The first-order valence-corrected chi connectivity index (χ1v) is 6.84. The number of rotatable bonds is 3. The molecule has 2 heterocycles. The lowest BCUT2D eigenvalue weighted by Gasteiger charge is -2.45. The third kappa shape index (κ3) is 2.53. The van der Waals surface area contributed by atoms with Crippen molar-refractivity contribution in [1.82, 2.24) is 4.98 Å². The largest absolute Gasteiger partial charge is 0.387 e. The highest BCUT2D eigenvalue weighted by Crippen LogP contribution is 2.43. The molecule has 6 nitrogen and oxygen atoms in total. The van der Waals surface area contributed by atoms with Crippen molar-refractivity contribution in [3.05, 3.63) is 34.1 Å². The SMILES string of the molecule is CC[C@H]1O[C@@H](c2ccncc2[N+](=O)[O-])C[C@@H](C)[C@]1(C)O. The molecule has 0 amide bonds. The van der Waals surface area contributed by atoms with Gasteiger partial charge in [-0.1, -0.05) is 13.8 Å². The maximum absolute atomic E-state index is 11.1. The van der Waals surface area contributed by atoms with Crippen LogP contribution < -0.4 is 0 Å². The standard InChI is InChI=1S/C14H20N2O4/c1-4-13-14(3,17)9(2)7-12(20-13)10-5-6-15-8-11(10)16(18)19/h5-6,8-9,12-13,17H,4,7H2,1-3H3/t9-,12-,13-,14+/m1/s1. The third-order valence-corrected chi connectivity index (χ3v) is 4.29. The van der Waals surface area contributed by atoms with Crippen molar-refractivity contribution in [1.29, 1.82) is 0 Å². The normalized spacial score (nSPS) is 33.9. The number of ether oxygens (including phenoxy) is 1. The predicted octanol–water partition coefficient (Wildman–Crippen LogP) is 2.62. The van der Waals surface area contributed by atoms with E-state index in [1.165, 1.54) is 12.4 Å². The fraction of sp³-hybridized carbons (Fsp3) is 0.643. The van der Waals surface area contributed by atoms with Crippen molar-refractivity contribution in [3.8, 4) is 0 Å². The van der Waals surface area contributed by atoms with Gasteiger partial charge < -0.3 is 9.84 Å². The molecule has 4 atom stereocenters. The summed E-state index contributed by atoms with van der Waals surface area (Å²) in [6.07, 6.45) is 3.28. The van der Waals surface area contributed by atoms with E-state index < -0.39 is 10.5 Å². The van der Waals surface area contributed by atoms with Crippen molar-refractivity contribution < 1.29 is 14.8 Å². The Bertz CT molecular complexity index is 504. The summed E-state index contributed by atoms with van der Waals surface area (Å²) < 4.78 is 5.92. The molecule has 0 unspecified atom stereocenters. The van der Waals surface area contributed by atoms with Crippen molar-refractivity contribution >= 4 is 5.69 Å². The molecule has 0 spiro atoms. The lowest BCUT2D eigenvalue weighted by atomic mass is 9.77. The van der Waals surface area contributed by atoms with Gasteiger partial charge in [-0.05, 0) is 31.7 Å². The number of nitro groups is 1. The Morgan fingerprint density at radius 1 is 1.65 bits per heavy atom. The second-order valence-corrected chi connectivity index (χ2v) is 5.58. The van der Waals surface area contributed by atoms with E-state index in [1.807, 2.05) is 13.8 Å². The van der Waals surface area contributed by atoms with Crippen LogP contribution in [0.1, 0.15) is 45.3 Å². The van der Waals surface area contributed by atoms with E-state index in [1.54, 1.807) is 13.0 Å². The number of pyridine rings is 1. The molecule has 1 saturated heterocycles. The second-order valence-electron chi connectivity index (χ2n) is 5.58. The minimum absolute atomic E-state index is 0.000954. The van der Waals surface area contributed by atoms with Crippen LogP contribution >= 0.6 is 0 Å². The van der Waals surface area contributed by atoms with Crippen molar-refractivity contribution in [3.63, 3.8) is 0 Å². The van der Waals surface area contributed by atoms with Gasteiger partial charge in [-0.3, -0.25) is 15.1 Å². The molecule has 0 radical (unpaired) electrons. The Morgan fingerprint density at radius 2 is 2.35 bits per heavy atom. The zero-order valence-electron chi connectivity index (χ0n) is 11.9. The molecule has 0 aliphatic carbocycles. The van der Waals surface area contributed by atoms with E-state index >= 15 is 0 Å². The van der Waals surface area contributed by atoms with Gasteiger partial charge >= 0.3 is 0 Å². The number of hydrogen-bond donors (Lipinski definition) is 1. The van der Waals surface area contributed by atoms with Gasteiger partial charge in [-0.25, -0.2) is 0 Å². The molecule has 1 aliphatic rings. The molecule has 1 N–H and O–H groups in total. The Labute approximate surface area is 117 Å². The third-order valence-electron chi connectivity index (χ3n) is 4.29. The van der Waals surface area contributed by atoms with Crippen molar-refractivity contribution in [2.45, 2.75) is 51.4 Å². The molecular formula is C14H20N2O4. The van der Waals surface area contributed by atoms with Crippen LogP contribution in [0.25, 0.3) is 0 Å². The molecule has 110 valence electrons. The van der Waals surface area contributed by atoms with Crippen LogP contribution in [-0.2, 0) is 4.74 Å². The first kappa shape index (κ1) is 14.9. The monoisotopic (exact) mass is 280 g/mol. The Morgan fingerprint density at radius 3 is 2.95 bits per heavy atom. The summed E-state index contributed by atoms with van der Waals surface area (Å²) in [6, 6.07) is 1.63. The summed E-state index contributed by atoms with van der Waals surface area (Å²) in [4.78, 5) is 14.4. The molecule has 1 aliphatic heterocycles. The van der Waals surface area contributed by atoms with Crippen LogP contribution in [0.3, 0.4) is 0 Å². The summed E-state index contributed by atoms with van der Waals surface area (Å²) in [6.45, 7) is 5.66. The fourth-order valence-corrected chi connectivity index (χ4v) is 2.80. The molecule has 2 rings (SSSR count). The molecule has 0 saturated carbocycles. The number of hydrogen-bond acceptors (Lipinski definition) is 5. The summed E-state index contributed by atoms with van der Waals surface area (Å²) in [5.41, 5.74) is -0.403. The predicted molar refractivity (Wildman–Crippen MR) is 73.2 cm³/mol. The lowest BCUT2D eigenvalue weighted by Crippen LogP contribution is -2.51. The summed E-state index contributed by atoms with van der Waals surface area (Å²) in [7, 11) is 0. The van der Waals surface area contributed by atoms with E-state index in [9.17, 15) is 15.2 Å². The van der Waals surface area contributed by atoms with Crippen LogP contribution in [0.2, 0.25) is 0 Å². The Kier molecular flexibility index (Phi) is 4.06. The molecule has 1 fully saturated rings. The quantitative estimate of drug-likeness (QED) is 0.679. The number of nitrogens with zero attached hydrogens (tertiary/aromatic N) is 2. The van der Waals surface area contributed by atoms with Gasteiger partial charge in [0.1, 0.15) is 6.20 Å². The maximum atomic E-state index is 11.1. The fourth-order valence-electron chi connectivity index (χ4n) is 2.80. The zero-order chi connectivity index (χ0) is 14.9. The van der Waals surface area contributed by atoms with Crippen LogP contribution in [0.5, 0.6) is 0 Å². The van der Waals surface area contributed by atoms with Gasteiger partial charge in [0.15, 0.2) is 0 Å². The molecule has 6 heteroatoms. The second kappa shape index (κ2) is 5.46. The molecule has 1 aromatic heterocycles. The average molecular weight is 280 g/mol. The topological polar surface area (TPSA) is 85.5 Å². The Balaban J connectivity index is 2.33. The average Bonchev–Trinajstić information content (AvgIpc) is 2.41. The highest BCUT2D eigenvalue weighted by atomic mass is 16.6. The van der Waals surface area contributed by atoms with Gasteiger partial charge in [-0.15, -0.1) is 0 Å². The highest BCUT2D eigenvalue weighted by molar-refractivity contribution is 5.39. The lowest BCUT2D eigenvalue weighted by molar-refractivity contribution is -0.386. The van der Waals surface area contributed by atoms with E-state index in [2.05, 4.69) is 4.98 Å². The summed E-state index contributed by atoms with van der Waals surface area (Å²) in [5, 5.41) is 21.6. The first-order chi connectivity index (χ1) is 9.37. The van der Waals surface area contributed by atoms with Crippen LogP contribution in [0.4, 0.5) is 5.69 Å². The van der Waals surface area contributed by atoms with Gasteiger partial charge in [-0.2, -0.15) is 0 Å². The minimum atomic E-state index is -0.910. The van der Waals surface area contributed by atoms with Crippen LogP contribution in [0, 0.1) is 16.0 Å². The van der Waals surface area contributed by atoms with E-state index in [0.29, 0.717) is 18.4 Å². The number of aliphatic hydroxyl groups is 1. The van der Waals surface area contributed by atoms with Crippen molar-refractivity contribution in [2.75, 3.05) is 0 Å². The summed E-state index contributed by atoms with van der Waals surface area (Å²) in [5.74, 6) is -0.000954. The molecular weight excluding hydrogens is 260 g/mol. The molecule has 0 aromatic carbocycles. The van der Waals surface area contributed by atoms with Crippen LogP contribution in [-0.4, -0.2) is 26.7 Å². The van der Waals surface area contributed by atoms with E-state index in [-0.39, 0.29) is 23.8 Å². The van der Waals surface area contributed by atoms with Crippen LogP contribution in [0.15, 0.2) is 18.5 Å². The molecule has 20 heavy (non-hydrogen) atoms. The first-order valence-electron chi connectivity index (χ1n) is 6.84. The van der Waals surface area contributed by atoms with Gasteiger partial charge in [0.2, 0.25) is 0 Å². The smallest absolute Gasteiger partial charge is 0.293 e. The molecule has 1 aromatic rings. The van der Waals surface area contributed by atoms with Crippen molar-refractivity contribution in [2.24, 2.45) is 5.92 Å². The van der Waals surface area contributed by atoms with Gasteiger partial charge in [0.05, 0.1) is 28.3 Å². The Hall–Kier alpha value is -1.53. The molecule has 0 bridgehead atoms. The highest BCUT2D eigenvalue weighted by Gasteiger charge is 2.45. The number of aromatic nitrogens is 1. The van der Waals surface area contributed by atoms with Gasteiger partial charge in [0, 0.05) is 6.20 Å².